The quantitative estimate of drug-likeness (QED) is 0.543. The van der Waals surface area contributed by atoms with E-state index in [1.807, 2.05) is 0 Å². The van der Waals surface area contributed by atoms with Crippen LogP contribution in [0.4, 0.5) is 13.2 Å². The molecule has 0 unspecified atom stereocenters. The number of alkyl halides is 3. The zero-order chi connectivity index (χ0) is 23.2. The number of carbonyl (C=O) groups is 2. The first-order valence-electron chi connectivity index (χ1n) is 8.41. The summed E-state index contributed by atoms with van der Waals surface area (Å²) in [6.45, 7) is -2.51. The summed E-state index contributed by atoms with van der Waals surface area (Å²) in [6.07, 6.45) is -4.57. The zero-order valence-corrected chi connectivity index (χ0v) is 17.8. The molecular weight excluding hydrogens is 484 g/mol. The molecule has 0 aliphatic carbocycles. The smallest absolute Gasteiger partial charge is 0.405 e. The van der Waals surface area contributed by atoms with Gasteiger partial charge in [-0.2, -0.15) is 13.2 Å². The fourth-order valence-corrected chi connectivity index (χ4v) is 3.53. The molecule has 0 fully saturated rings. The molecule has 31 heavy (non-hydrogen) atoms. The largest absolute Gasteiger partial charge is 0.452 e. The van der Waals surface area contributed by atoms with Crippen molar-refractivity contribution in [2.24, 2.45) is 0 Å². The second kappa shape index (κ2) is 10.3. The Balaban J connectivity index is 1.89. The lowest BCUT2D eigenvalue weighted by Crippen LogP contribution is -2.36. The molecule has 13 heteroatoms. The zero-order valence-electron chi connectivity index (χ0n) is 15.5. The lowest BCUT2D eigenvalue weighted by atomic mass is 10.1. The van der Waals surface area contributed by atoms with Gasteiger partial charge in [0.1, 0.15) is 6.54 Å². The molecule has 0 radical (unpaired) electrons. The third-order valence-corrected chi connectivity index (χ3v) is 5.82. The average molecular weight is 499 g/mol. The molecule has 7 nitrogen and oxygen atoms in total. The van der Waals surface area contributed by atoms with E-state index in [4.69, 9.17) is 23.2 Å². The fourth-order valence-electron chi connectivity index (χ4n) is 2.13. The molecule has 0 saturated heterocycles. The second-order valence-corrected chi connectivity index (χ2v) is 8.65. The van der Waals surface area contributed by atoms with Crippen molar-refractivity contribution in [1.29, 1.82) is 0 Å². The van der Waals surface area contributed by atoms with Crippen molar-refractivity contribution < 1.29 is 35.9 Å². The summed E-state index contributed by atoms with van der Waals surface area (Å²) in [5, 5.41) is 1.86. The molecular formula is C18H15Cl2F3N2O5S. The van der Waals surface area contributed by atoms with Crippen LogP contribution in [0, 0.1) is 0 Å². The predicted molar refractivity (Wildman–Crippen MR) is 106 cm³/mol. The van der Waals surface area contributed by atoms with E-state index < -0.39 is 41.2 Å². The molecule has 2 N–H and O–H groups in total. The van der Waals surface area contributed by atoms with E-state index in [2.05, 4.69) is 9.46 Å². The molecule has 0 atom stereocenters. The van der Waals surface area contributed by atoms with E-state index in [0.29, 0.717) is 5.56 Å². The van der Waals surface area contributed by atoms with E-state index in [1.165, 1.54) is 42.5 Å². The van der Waals surface area contributed by atoms with E-state index in [-0.39, 0.29) is 27.0 Å². The van der Waals surface area contributed by atoms with Crippen molar-refractivity contribution in [2.45, 2.75) is 17.6 Å². The molecule has 2 aromatic carbocycles. The van der Waals surface area contributed by atoms with Crippen LogP contribution in [0.3, 0.4) is 0 Å². The molecule has 168 valence electrons. The Morgan fingerprint density at radius 1 is 1.00 bits per heavy atom. The van der Waals surface area contributed by atoms with Gasteiger partial charge in [-0.15, -0.1) is 0 Å². The van der Waals surface area contributed by atoms with Crippen molar-refractivity contribution in [3.8, 4) is 0 Å². The van der Waals surface area contributed by atoms with Gasteiger partial charge in [0, 0.05) is 6.54 Å². The fraction of sp³-hybridized carbons (Fsp3) is 0.222. The number of halogens is 5. The normalized spacial score (nSPS) is 11.8. The average Bonchev–Trinajstić information content (AvgIpc) is 2.70. The summed E-state index contributed by atoms with van der Waals surface area (Å²) in [5.74, 6) is -2.02. The number of esters is 1. The van der Waals surface area contributed by atoms with Gasteiger partial charge < -0.3 is 10.1 Å². The number of sulfonamides is 1. The Bertz CT molecular complexity index is 1060. The number of benzene rings is 2. The molecule has 0 bridgehead atoms. The van der Waals surface area contributed by atoms with Crippen LogP contribution in [0.1, 0.15) is 15.9 Å². The van der Waals surface area contributed by atoms with Gasteiger partial charge in [0.15, 0.2) is 6.61 Å². The summed E-state index contributed by atoms with van der Waals surface area (Å²) in [7, 11) is -3.87. The Morgan fingerprint density at radius 3 is 2.23 bits per heavy atom. The van der Waals surface area contributed by atoms with Gasteiger partial charge in [0.05, 0.1) is 20.5 Å². The van der Waals surface area contributed by atoms with Gasteiger partial charge >= 0.3 is 12.1 Å². The van der Waals surface area contributed by atoms with Crippen LogP contribution in [0.25, 0.3) is 0 Å². The van der Waals surface area contributed by atoms with Crippen LogP contribution in [0.15, 0.2) is 47.4 Å². The number of hydrogen-bond acceptors (Lipinski definition) is 5. The van der Waals surface area contributed by atoms with Crippen LogP contribution in [-0.2, 0) is 26.1 Å². The maximum absolute atomic E-state index is 12.3. The van der Waals surface area contributed by atoms with Crippen molar-refractivity contribution in [2.75, 3.05) is 13.2 Å². The van der Waals surface area contributed by atoms with Crippen molar-refractivity contribution in [1.82, 2.24) is 10.0 Å². The first-order chi connectivity index (χ1) is 14.4. The third kappa shape index (κ3) is 8.02. The number of nitrogens with one attached hydrogen (secondary N) is 2. The van der Waals surface area contributed by atoms with E-state index >= 15 is 0 Å². The van der Waals surface area contributed by atoms with Crippen LogP contribution in [0.2, 0.25) is 10.0 Å². The minimum atomic E-state index is -4.57. The summed E-state index contributed by atoms with van der Waals surface area (Å²) in [4.78, 5) is 23.0. The Hall–Kier alpha value is -2.34. The Labute approximate surface area is 185 Å². The van der Waals surface area contributed by atoms with E-state index in [1.54, 1.807) is 5.32 Å². The summed E-state index contributed by atoms with van der Waals surface area (Å²) >= 11 is 11.6. The number of hydrogen-bond donors (Lipinski definition) is 2. The van der Waals surface area contributed by atoms with Crippen LogP contribution < -0.4 is 10.0 Å². The van der Waals surface area contributed by atoms with Gasteiger partial charge in [-0.1, -0.05) is 35.3 Å². The van der Waals surface area contributed by atoms with Crippen LogP contribution in [-0.4, -0.2) is 39.6 Å². The maximum Gasteiger partial charge on any atom is 0.405 e. The van der Waals surface area contributed by atoms with Gasteiger partial charge in [0.2, 0.25) is 10.0 Å². The topological polar surface area (TPSA) is 102 Å². The molecule has 0 aliphatic heterocycles. The first-order valence-corrected chi connectivity index (χ1v) is 10.7. The molecule has 1 amide bonds. The Kier molecular flexibility index (Phi) is 8.29. The standard InChI is InChI=1S/C18H15Cl2F3N2O5S/c19-14-6-5-13(7-15(14)20)31(28,29)25-8-11-1-3-12(4-2-11)17(27)30-9-16(26)24-10-18(21,22)23/h1-7,25H,8-10H2,(H,24,26). The third-order valence-electron chi connectivity index (χ3n) is 3.68. The SMILES string of the molecule is O=C(COC(=O)c1ccc(CNS(=O)(=O)c2ccc(Cl)c(Cl)c2)cc1)NCC(F)(F)F. The van der Waals surface area contributed by atoms with Gasteiger partial charge in [-0.05, 0) is 35.9 Å². The molecule has 0 spiro atoms. The highest BCUT2D eigenvalue weighted by Crippen LogP contribution is 2.24. The lowest BCUT2D eigenvalue weighted by molar-refractivity contribution is -0.140. The first kappa shape index (κ1) is 24.9. The molecule has 0 aromatic heterocycles. The minimum absolute atomic E-state index is 0.0275. The highest BCUT2D eigenvalue weighted by Gasteiger charge is 2.27. The van der Waals surface area contributed by atoms with Crippen LogP contribution in [0.5, 0.6) is 0 Å². The van der Waals surface area contributed by atoms with Crippen molar-refractivity contribution in [3.63, 3.8) is 0 Å². The lowest BCUT2D eigenvalue weighted by Gasteiger charge is -2.10. The minimum Gasteiger partial charge on any atom is -0.452 e. The molecule has 2 aromatic rings. The van der Waals surface area contributed by atoms with Gasteiger partial charge in [0.25, 0.3) is 5.91 Å². The number of amides is 1. The molecule has 0 aliphatic rings. The van der Waals surface area contributed by atoms with Crippen molar-refractivity contribution in [3.05, 3.63) is 63.6 Å². The summed E-state index contributed by atoms with van der Waals surface area (Å²) in [5.41, 5.74) is 0.530. The van der Waals surface area contributed by atoms with E-state index in [0.717, 1.165) is 0 Å². The van der Waals surface area contributed by atoms with E-state index in [9.17, 15) is 31.2 Å². The number of rotatable bonds is 8. The predicted octanol–water partition coefficient (Wildman–Crippen LogP) is 3.31. The number of ether oxygens (including phenoxy) is 1. The summed E-state index contributed by atoms with van der Waals surface area (Å²) < 4.78 is 67.6. The van der Waals surface area contributed by atoms with Gasteiger partial charge in [-0.3, -0.25) is 4.79 Å². The molecule has 0 saturated carbocycles. The molecule has 0 heterocycles. The Morgan fingerprint density at radius 2 is 1.65 bits per heavy atom. The maximum atomic E-state index is 12.3. The highest BCUT2D eigenvalue weighted by molar-refractivity contribution is 7.89. The van der Waals surface area contributed by atoms with Crippen LogP contribution >= 0.6 is 23.2 Å². The highest BCUT2D eigenvalue weighted by atomic mass is 35.5. The monoisotopic (exact) mass is 498 g/mol. The number of carbonyl (C=O) groups excluding carboxylic acids is 2. The van der Waals surface area contributed by atoms with Gasteiger partial charge in [-0.25, -0.2) is 17.9 Å². The second-order valence-electron chi connectivity index (χ2n) is 6.07. The summed E-state index contributed by atoms with van der Waals surface area (Å²) in [6, 6.07) is 9.37. The molecule has 2 rings (SSSR count). The van der Waals surface area contributed by atoms with Crippen molar-refractivity contribution >= 4 is 45.1 Å².